The Morgan fingerprint density at radius 1 is 1.26 bits per heavy atom. The van der Waals surface area contributed by atoms with Crippen LogP contribution < -0.4 is 10.5 Å². The lowest BCUT2D eigenvalue weighted by molar-refractivity contribution is 0.290. The molecule has 19 heavy (non-hydrogen) atoms. The summed E-state index contributed by atoms with van der Waals surface area (Å²) in [6.07, 6.45) is 0. The monoisotopic (exact) mass is 276 g/mol. The minimum Gasteiger partial charge on any atom is -0.486 e. The second-order valence-corrected chi connectivity index (χ2v) is 4.30. The van der Waals surface area contributed by atoms with E-state index in [1.807, 2.05) is 6.07 Å². The molecule has 2 aromatic rings. The lowest BCUT2D eigenvalue weighted by Crippen LogP contribution is -1.99. The molecule has 2 aromatic carbocycles. The second kappa shape index (κ2) is 5.59. The van der Waals surface area contributed by atoms with Crippen molar-refractivity contribution in [1.29, 1.82) is 5.26 Å². The predicted molar refractivity (Wildman–Crippen MR) is 71.3 cm³/mol. The molecule has 0 aliphatic rings. The molecule has 0 radical (unpaired) electrons. The van der Waals surface area contributed by atoms with Crippen molar-refractivity contribution in [2.24, 2.45) is 0 Å². The van der Waals surface area contributed by atoms with Crippen molar-refractivity contribution in [3.05, 3.63) is 58.4 Å². The van der Waals surface area contributed by atoms with Gasteiger partial charge in [-0.1, -0.05) is 17.7 Å². The Kier molecular flexibility index (Phi) is 3.88. The van der Waals surface area contributed by atoms with Gasteiger partial charge in [-0.05, 0) is 30.3 Å². The minimum absolute atomic E-state index is 0.0758. The SMILES string of the molecule is N#Cc1ccc(OCc2ccc(N)cc2Cl)c(F)c1. The van der Waals surface area contributed by atoms with Gasteiger partial charge in [-0.2, -0.15) is 5.26 Å². The first-order chi connectivity index (χ1) is 9.10. The van der Waals surface area contributed by atoms with Gasteiger partial charge in [-0.15, -0.1) is 0 Å². The van der Waals surface area contributed by atoms with Crippen LogP contribution in [0.4, 0.5) is 10.1 Å². The normalized spacial score (nSPS) is 9.95. The van der Waals surface area contributed by atoms with E-state index in [2.05, 4.69) is 0 Å². The number of nitrogens with two attached hydrogens (primary N) is 1. The van der Waals surface area contributed by atoms with Crippen LogP contribution in [-0.2, 0) is 6.61 Å². The van der Waals surface area contributed by atoms with Gasteiger partial charge in [0.25, 0.3) is 0 Å². The molecule has 0 fully saturated rings. The maximum absolute atomic E-state index is 13.6. The fourth-order valence-electron chi connectivity index (χ4n) is 1.52. The van der Waals surface area contributed by atoms with E-state index in [0.29, 0.717) is 16.3 Å². The fraction of sp³-hybridized carbons (Fsp3) is 0.0714. The van der Waals surface area contributed by atoms with Gasteiger partial charge in [0.05, 0.1) is 11.6 Å². The summed E-state index contributed by atoms with van der Waals surface area (Å²) in [7, 11) is 0. The molecule has 2 rings (SSSR count). The summed E-state index contributed by atoms with van der Waals surface area (Å²) in [5.41, 5.74) is 7.08. The number of halogens is 2. The summed E-state index contributed by atoms with van der Waals surface area (Å²) in [5.74, 6) is -0.502. The summed E-state index contributed by atoms with van der Waals surface area (Å²) >= 11 is 5.99. The van der Waals surface area contributed by atoms with Crippen LogP contribution >= 0.6 is 11.6 Å². The highest BCUT2D eigenvalue weighted by Gasteiger charge is 2.07. The highest BCUT2D eigenvalue weighted by atomic mass is 35.5. The molecule has 96 valence electrons. The van der Waals surface area contributed by atoms with Gasteiger partial charge in [-0.3, -0.25) is 0 Å². The van der Waals surface area contributed by atoms with Crippen molar-refractivity contribution in [2.75, 3.05) is 5.73 Å². The average Bonchev–Trinajstić information content (AvgIpc) is 2.39. The highest BCUT2D eigenvalue weighted by molar-refractivity contribution is 6.31. The Balaban J connectivity index is 2.13. The quantitative estimate of drug-likeness (QED) is 0.873. The molecule has 0 aromatic heterocycles. The summed E-state index contributed by atoms with van der Waals surface area (Å²) in [5, 5.41) is 9.10. The number of ether oxygens (including phenoxy) is 1. The average molecular weight is 277 g/mol. The van der Waals surface area contributed by atoms with E-state index in [4.69, 9.17) is 27.3 Å². The van der Waals surface area contributed by atoms with Gasteiger partial charge in [-0.25, -0.2) is 4.39 Å². The molecular weight excluding hydrogens is 267 g/mol. The minimum atomic E-state index is -0.578. The largest absolute Gasteiger partial charge is 0.486 e. The van der Waals surface area contributed by atoms with Gasteiger partial charge < -0.3 is 10.5 Å². The van der Waals surface area contributed by atoms with E-state index in [-0.39, 0.29) is 17.9 Å². The van der Waals surface area contributed by atoms with Crippen molar-refractivity contribution >= 4 is 17.3 Å². The van der Waals surface area contributed by atoms with E-state index < -0.39 is 5.82 Å². The van der Waals surface area contributed by atoms with Crippen LogP contribution in [0.15, 0.2) is 36.4 Å². The number of hydrogen-bond acceptors (Lipinski definition) is 3. The zero-order chi connectivity index (χ0) is 13.8. The molecule has 0 aliphatic heterocycles. The number of benzene rings is 2. The van der Waals surface area contributed by atoms with E-state index in [1.165, 1.54) is 12.1 Å². The number of hydrogen-bond donors (Lipinski definition) is 1. The predicted octanol–water partition coefficient (Wildman–Crippen LogP) is 3.51. The summed E-state index contributed by atoms with van der Waals surface area (Å²) in [6, 6.07) is 10.9. The number of rotatable bonds is 3. The Hall–Kier alpha value is -2.25. The molecule has 5 heteroatoms. The van der Waals surface area contributed by atoms with Gasteiger partial charge in [0, 0.05) is 16.3 Å². The third-order valence-corrected chi connectivity index (χ3v) is 2.87. The zero-order valence-corrected chi connectivity index (χ0v) is 10.6. The number of anilines is 1. The van der Waals surface area contributed by atoms with Crippen molar-refractivity contribution in [1.82, 2.24) is 0 Å². The first-order valence-electron chi connectivity index (χ1n) is 5.46. The van der Waals surface area contributed by atoms with E-state index >= 15 is 0 Å². The summed E-state index contributed by atoms with van der Waals surface area (Å²) < 4.78 is 18.9. The number of nitriles is 1. The first-order valence-corrected chi connectivity index (χ1v) is 5.84. The molecule has 0 heterocycles. The molecule has 0 atom stereocenters. The zero-order valence-electron chi connectivity index (χ0n) is 9.86. The molecule has 0 unspecified atom stereocenters. The van der Waals surface area contributed by atoms with Crippen molar-refractivity contribution in [2.45, 2.75) is 6.61 Å². The van der Waals surface area contributed by atoms with Crippen molar-refractivity contribution in [3.63, 3.8) is 0 Å². The summed E-state index contributed by atoms with van der Waals surface area (Å²) in [6.45, 7) is 0.127. The molecule has 0 spiro atoms. The Morgan fingerprint density at radius 2 is 2.05 bits per heavy atom. The van der Waals surface area contributed by atoms with Crippen LogP contribution in [0.1, 0.15) is 11.1 Å². The highest BCUT2D eigenvalue weighted by Crippen LogP contribution is 2.23. The topological polar surface area (TPSA) is 59.0 Å². The first kappa shape index (κ1) is 13.2. The Morgan fingerprint density at radius 3 is 2.68 bits per heavy atom. The van der Waals surface area contributed by atoms with E-state index in [9.17, 15) is 4.39 Å². The third kappa shape index (κ3) is 3.15. The summed E-state index contributed by atoms with van der Waals surface area (Å²) in [4.78, 5) is 0. The van der Waals surface area contributed by atoms with Crippen LogP contribution in [0.3, 0.4) is 0 Å². The molecule has 0 saturated heterocycles. The molecular formula is C14H10ClFN2O. The van der Waals surface area contributed by atoms with Gasteiger partial charge in [0.1, 0.15) is 6.61 Å². The van der Waals surface area contributed by atoms with Crippen molar-refractivity contribution < 1.29 is 9.13 Å². The lowest BCUT2D eigenvalue weighted by atomic mass is 10.2. The van der Waals surface area contributed by atoms with Gasteiger partial charge >= 0.3 is 0 Å². The van der Waals surface area contributed by atoms with Crippen molar-refractivity contribution in [3.8, 4) is 11.8 Å². The second-order valence-electron chi connectivity index (χ2n) is 3.90. The standard InChI is InChI=1S/C14H10ClFN2O/c15-12-6-11(18)3-2-10(12)8-19-14-4-1-9(7-17)5-13(14)16/h1-6H,8,18H2. The van der Waals surface area contributed by atoms with Gasteiger partial charge in [0.2, 0.25) is 0 Å². The molecule has 0 aliphatic carbocycles. The number of nitrogens with zero attached hydrogens (tertiary/aromatic N) is 1. The van der Waals surface area contributed by atoms with Crippen LogP contribution in [0, 0.1) is 17.1 Å². The third-order valence-electron chi connectivity index (χ3n) is 2.52. The Labute approximate surface area is 115 Å². The molecule has 0 bridgehead atoms. The molecule has 3 nitrogen and oxygen atoms in total. The smallest absolute Gasteiger partial charge is 0.166 e. The molecule has 0 saturated carbocycles. The maximum Gasteiger partial charge on any atom is 0.166 e. The molecule has 2 N–H and O–H groups in total. The van der Waals surface area contributed by atoms with E-state index in [0.717, 1.165) is 6.07 Å². The van der Waals surface area contributed by atoms with Crippen LogP contribution in [0.2, 0.25) is 5.02 Å². The lowest BCUT2D eigenvalue weighted by Gasteiger charge is -2.09. The van der Waals surface area contributed by atoms with Crippen LogP contribution in [0.5, 0.6) is 5.75 Å². The van der Waals surface area contributed by atoms with Crippen LogP contribution in [0.25, 0.3) is 0 Å². The van der Waals surface area contributed by atoms with Crippen LogP contribution in [-0.4, -0.2) is 0 Å². The molecule has 0 amide bonds. The van der Waals surface area contributed by atoms with Gasteiger partial charge in [0.15, 0.2) is 11.6 Å². The van der Waals surface area contributed by atoms with E-state index in [1.54, 1.807) is 18.2 Å². The number of nitrogen functional groups attached to an aromatic ring is 1. The fourth-order valence-corrected chi connectivity index (χ4v) is 1.77. The Bertz CT molecular complexity index is 652. The maximum atomic E-state index is 13.6.